The van der Waals surface area contributed by atoms with Crippen molar-refractivity contribution in [1.82, 2.24) is 15.0 Å². The third-order valence-corrected chi connectivity index (χ3v) is 12.7. The maximum absolute atomic E-state index is 9.72. The molecule has 4 heterocycles. The van der Waals surface area contributed by atoms with Gasteiger partial charge in [0.05, 0.1) is 8.22 Å². The molecular weight excluding hydrogens is 679 g/mol. The van der Waals surface area contributed by atoms with Gasteiger partial charge in [-0.2, -0.15) is 0 Å². The van der Waals surface area contributed by atoms with Crippen LogP contribution in [0.5, 0.6) is 0 Å². The van der Waals surface area contributed by atoms with Gasteiger partial charge in [-0.15, -0.1) is 34.0 Å². The molecule has 0 aliphatic heterocycles. The highest BCUT2D eigenvalue weighted by Gasteiger charge is 2.19. The van der Waals surface area contributed by atoms with Crippen molar-refractivity contribution in [2.75, 3.05) is 0 Å². The Morgan fingerprint density at radius 2 is 1.04 bits per heavy atom. The lowest BCUT2D eigenvalue weighted by molar-refractivity contribution is 1.08. The first kappa shape index (κ1) is 23.6. The molecule has 0 saturated carbocycles. The summed E-state index contributed by atoms with van der Waals surface area (Å²) in [5, 5.41) is 4.77. The minimum absolute atomic E-state index is 0.0500. The van der Waals surface area contributed by atoms with Crippen molar-refractivity contribution in [2.24, 2.45) is 0 Å². The Bertz CT molecular complexity index is 3500. The number of benzene rings is 7. The van der Waals surface area contributed by atoms with Crippen LogP contribution in [0.3, 0.4) is 0 Å². The van der Waals surface area contributed by atoms with E-state index in [0.717, 1.165) is 57.0 Å². The Morgan fingerprint density at radius 3 is 1.92 bits per heavy atom. The van der Waals surface area contributed by atoms with E-state index in [1.807, 2.05) is 84.9 Å². The van der Waals surface area contributed by atoms with Gasteiger partial charge in [-0.05, 0) is 35.9 Å². The average Bonchev–Trinajstić information content (AvgIpc) is 3.95. The molecule has 0 unspecified atom stereocenters. The van der Waals surface area contributed by atoms with E-state index in [4.69, 9.17) is 17.7 Å². The first-order chi connectivity index (χ1) is 27.8. The predicted molar refractivity (Wildman–Crippen MR) is 220 cm³/mol. The summed E-state index contributed by atoms with van der Waals surface area (Å²) in [6.07, 6.45) is 0. The van der Waals surface area contributed by atoms with E-state index in [-0.39, 0.29) is 53.0 Å². The number of hydrogen-bond donors (Lipinski definition) is 0. The Morgan fingerprint density at radius 1 is 0.392 bits per heavy atom. The SMILES string of the molecule is [2H]c1c([2H])c([2H])c2c(sc3c([2H])c(-c4nc(-c5ccccc5)nc(-c5cccc6c5sc5ccccc56)n4)c([2H])c([2H])c32)c1-c1cccc2sc3ccccc3c12. The van der Waals surface area contributed by atoms with E-state index in [0.29, 0.717) is 32.0 Å². The van der Waals surface area contributed by atoms with Crippen LogP contribution in [0.2, 0.25) is 0 Å². The summed E-state index contributed by atoms with van der Waals surface area (Å²) < 4.78 is 61.2. The molecule has 0 saturated heterocycles. The second kappa shape index (κ2) is 11.4. The highest BCUT2D eigenvalue weighted by atomic mass is 32.1. The second-order valence-corrected chi connectivity index (χ2v) is 15.4. The number of thiophene rings is 3. The quantitative estimate of drug-likeness (QED) is 0.183. The first-order valence-corrected chi connectivity index (χ1v) is 18.8. The van der Waals surface area contributed by atoms with Crippen molar-refractivity contribution < 1.29 is 8.22 Å². The van der Waals surface area contributed by atoms with Gasteiger partial charge in [0.2, 0.25) is 0 Å². The van der Waals surface area contributed by atoms with Crippen molar-refractivity contribution in [2.45, 2.75) is 0 Å². The normalized spacial score (nSPS) is 13.6. The van der Waals surface area contributed by atoms with Crippen LogP contribution in [0.4, 0.5) is 0 Å². The van der Waals surface area contributed by atoms with Crippen LogP contribution in [0.25, 0.3) is 106 Å². The molecule has 0 amide bonds. The fourth-order valence-corrected chi connectivity index (χ4v) is 10.4. The topological polar surface area (TPSA) is 38.7 Å². The van der Waals surface area contributed by atoms with Gasteiger partial charge in [0, 0.05) is 82.8 Å². The molecule has 0 bridgehead atoms. The molecule has 238 valence electrons. The van der Waals surface area contributed by atoms with Gasteiger partial charge >= 0.3 is 0 Å². The molecule has 0 aliphatic rings. The highest BCUT2D eigenvalue weighted by Crippen LogP contribution is 2.46. The van der Waals surface area contributed by atoms with Crippen LogP contribution in [0.1, 0.15) is 8.22 Å². The molecule has 51 heavy (non-hydrogen) atoms. The third kappa shape index (κ3) is 4.58. The zero-order valence-corrected chi connectivity index (χ0v) is 29.0. The number of hydrogen-bond acceptors (Lipinski definition) is 6. The van der Waals surface area contributed by atoms with Gasteiger partial charge in [-0.1, -0.05) is 121 Å². The van der Waals surface area contributed by atoms with E-state index in [2.05, 4.69) is 30.3 Å². The summed E-state index contributed by atoms with van der Waals surface area (Å²) in [6.45, 7) is 0. The van der Waals surface area contributed by atoms with Gasteiger partial charge in [-0.3, -0.25) is 0 Å². The highest BCUT2D eigenvalue weighted by molar-refractivity contribution is 7.27. The molecule has 3 nitrogen and oxygen atoms in total. The van der Waals surface area contributed by atoms with Crippen molar-refractivity contribution in [3.05, 3.63) is 152 Å². The molecule has 0 aliphatic carbocycles. The molecule has 0 fully saturated rings. The van der Waals surface area contributed by atoms with E-state index in [1.54, 1.807) is 22.7 Å². The molecule has 11 rings (SSSR count). The summed E-state index contributed by atoms with van der Waals surface area (Å²) in [6, 6.07) is 36.8. The molecule has 0 radical (unpaired) electrons. The molecular formula is C45H25N3S3. The maximum Gasteiger partial charge on any atom is 0.165 e. The Hall–Kier alpha value is -5.79. The summed E-state index contributed by atoms with van der Waals surface area (Å²) in [5.74, 6) is 0.866. The zero-order chi connectivity index (χ0) is 38.7. The number of aromatic nitrogens is 3. The summed E-state index contributed by atoms with van der Waals surface area (Å²) >= 11 is 4.53. The second-order valence-electron chi connectivity index (χ2n) is 12.2. The fraction of sp³-hybridized carbons (Fsp3) is 0. The van der Waals surface area contributed by atoms with E-state index in [9.17, 15) is 5.48 Å². The van der Waals surface area contributed by atoms with Crippen LogP contribution >= 0.6 is 34.0 Å². The van der Waals surface area contributed by atoms with Crippen LogP contribution in [-0.2, 0) is 0 Å². The number of fused-ring (bicyclic) bond motifs is 9. The average molecular weight is 710 g/mol. The molecule has 0 spiro atoms. The molecule has 7 aromatic carbocycles. The molecule has 0 N–H and O–H groups in total. The molecule has 4 aromatic heterocycles. The summed E-state index contributed by atoms with van der Waals surface area (Å²) in [4.78, 5) is 14.8. The first-order valence-electron chi connectivity index (χ1n) is 19.4. The van der Waals surface area contributed by atoms with Gasteiger partial charge in [0.25, 0.3) is 0 Å². The minimum Gasteiger partial charge on any atom is -0.208 e. The smallest absolute Gasteiger partial charge is 0.165 e. The van der Waals surface area contributed by atoms with Crippen LogP contribution in [-0.4, -0.2) is 15.0 Å². The van der Waals surface area contributed by atoms with Gasteiger partial charge in [-0.25, -0.2) is 15.0 Å². The third-order valence-electron chi connectivity index (χ3n) is 9.27. The largest absolute Gasteiger partial charge is 0.208 e. The Labute approximate surface area is 313 Å². The predicted octanol–water partition coefficient (Wildman–Crippen LogP) is 13.6. The lowest BCUT2D eigenvalue weighted by Crippen LogP contribution is -2.00. The van der Waals surface area contributed by atoms with Crippen LogP contribution in [0.15, 0.2) is 152 Å². The summed E-state index contributed by atoms with van der Waals surface area (Å²) in [7, 11) is 0. The Balaban J connectivity index is 1.21. The molecule has 0 atom stereocenters. The monoisotopic (exact) mass is 709 g/mol. The van der Waals surface area contributed by atoms with Crippen LogP contribution < -0.4 is 0 Å². The van der Waals surface area contributed by atoms with Crippen molar-refractivity contribution in [3.63, 3.8) is 0 Å². The van der Waals surface area contributed by atoms with Gasteiger partial charge < -0.3 is 0 Å². The van der Waals surface area contributed by atoms with E-state index >= 15 is 0 Å². The van der Waals surface area contributed by atoms with Crippen LogP contribution in [0, 0.1) is 0 Å². The van der Waals surface area contributed by atoms with Gasteiger partial charge in [0.1, 0.15) is 0 Å². The molecule has 11 aromatic rings. The lowest BCUT2D eigenvalue weighted by atomic mass is 9.98. The minimum atomic E-state index is -0.264. The fourth-order valence-electron chi connectivity index (χ4n) is 6.95. The standard InChI is InChI=1S/C45H25N3S3/c1-2-11-26(12-3-1)43-46-44(48-45(47-43)35-19-9-17-31-28-13-4-6-20-36(28)50-42(31)35)27-23-24-29-32-16-8-18-33(41(32)51-39(29)25-27)30-15-10-22-38-40(30)34-14-5-7-21-37(34)49-38/h1-25H/i8D,16D,18D,23D,24D,25D. The number of nitrogens with zero attached hydrogens (tertiary/aromatic N) is 3. The van der Waals surface area contributed by atoms with Crippen molar-refractivity contribution in [3.8, 4) is 45.3 Å². The zero-order valence-electron chi connectivity index (χ0n) is 32.5. The lowest BCUT2D eigenvalue weighted by Gasteiger charge is -2.09. The Kier molecular flexibility index (Phi) is 5.26. The molecule has 6 heteroatoms. The van der Waals surface area contributed by atoms with E-state index < -0.39 is 0 Å². The summed E-state index contributed by atoms with van der Waals surface area (Å²) in [5.41, 5.74) is 2.86. The van der Waals surface area contributed by atoms with Gasteiger partial charge in [0.15, 0.2) is 17.5 Å². The van der Waals surface area contributed by atoms with E-state index in [1.165, 1.54) is 11.3 Å². The maximum atomic E-state index is 9.72. The van der Waals surface area contributed by atoms with Crippen molar-refractivity contribution in [1.29, 1.82) is 0 Å². The van der Waals surface area contributed by atoms with Crippen molar-refractivity contribution >= 4 is 94.5 Å². The number of rotatable bonds is 4.